The Morgan fingerprint density at radius 3 is 2.74 bits per heavy atom. The van der Waals surface area contributed by atoms with Gasteiger partial charge in [0.25, 0.3) is 0 Å². The molecule has 0 radical (unpaired) electrons. The number of hydrogen-bond donors (Lipinski definition) is 0. The smallest absolute Gasteiger partial charge is 0.226 e. The molecule has 0 saturated heterocycles. The molecule has 0 unspecified atom stereocenters. The summed E-state index contributed by atoms with van der Waals surface area (Å²) in [6.45, 7) is 3.35. The lowest BCUT2D eigenvalue weighted by atomic mass is 10.1. The van der Waals surface area contributed by atoms with Crippen LogP contribution in [-0.4, -0.2) is 11.5 Å². The molecule has 0 saturated carbocycles. The van der Waals surface area contributed by atoms with Crippen LogP contribution in [0.25, 0.3) is 11.5 Å². The van der Waals surface area contributed by atoms with Crippen LogP contribution >= 0.6 is 0 Å². The van der Waals surface area contributed by atoms with Crippen LogP contribution in [0.4, 0.5) is 10.1 Å². The average Bonchev–Trinajstić information content (AvgIpc) is 2.98. The zero-order chi connectivity index (χ0) is 15.8. The van der Waals surface area contributed by atoms with Crippen molar-refractivity contribution in [3.63, 3.8) is 0 Å². The first kappa shape index (κ1) is 14.0. The molecule has 4 rings (SSSR count). The molecule has 1 aliphatic heterocycles. The van der Waals surface area contributed by atoms with Crippen LogP contribution in [0, 0.1) is 12.7 Å². The molecule has 0 N–H and O–H groups in total. The van der Waals surface area contributed by atoms with Gasteiger partial charge in [0.1, 0.15) is 11.6 Å². The lowest BCUT2D eigenvalue weighted by Crippen LogP contribution is -2.30. The minimum absolute atomic E-state index is 0.201. The van der Waals surface area contributed by atoms with E-state index in [1.54, 1.807) is 12.1 Å². The van der Waals surface area contributed by atoms with Gasteiger partial charge in [0.05, 0.1) is 12.2 Å². The summed E-state index contributed by atoms with van der Waals surface area (Å²) < 4.78 is 19.6. The minimum atomic E-state index is -0.201. The second-order valence-corrected chi connectivity index (χ2v) is 5.91. The van der Waals surface area contributed by atoms with Gasteiger partial charge >= 0.3 is 0 Å². The van der Waals surface area contributed by atoms with E-state index in [0.29, 0.717) is 12.4 Å². The molecule has 0 aliphatic carbocycles. The van der Waals surface area contributed by atoms with Gasteiger partial charge in [-0.1, -0.05) is 18.2 Å². The van der Waals surface area contributed by atoms with E-state index in [9.17, 15) is 4.39 Å². The number of fused-ring (bicyclic) bond motifs is 1. The van der Waals surface area contributed by atoms with Gasteiger partial charge in [0.15, 0.2) is 0 Å². The number of aromatic nitrogens is 1. The van der Waals surface area contributed by atoms with Gasteiger partial charge in [-0.3, -0.25) is 0 Å². The molecule has 2 aromatic carbocycles. The molecule has 1 aliphatic rings. The van der Waals surface area contributed by atoms with E-state index in [2.05, 4.69) is 9.88 Å². The molecule has 3 nitrogen and oxygen atoms in total. The lowest BCUT2D eigenvalue weighted by molar-refractivity contribution is 0.495. The molecule has 0 atom stereocenters. The van der Waals surface area contributed by atoms with Crippen molar-refractivity contribution in [1.82, 2.24) is 4.98 Å². The number of oxazole rings is 1. The largest absolute Gasteiger partial charge is 0.439 e. The molecular weight excluding hydrogens is 291 g/mol. The SMILES string of the molecule is Cc1cc(F)cc(N2CCc3nc(-c4ccccc4)oc3C2)c1. The lowest BCUT2D eigenvalue weighted by Gasteiger charge is -2.27. The first-order valence-electron chi connectivity index (χ1n) is 7.75. The highest BCUT2D eigenvalue weighted by atomic mass is 19.1. The fourth-order valence-corrected chi connectivity index (χ4v) is 3.02. The molecule has 1 aromatic heterocycles. The predicted octanol–water partition coefficient (Wildman–Crippen LogP) is 4.35. The first-order valence-corrected chi connectivity index (χ1v) is 7.75. The molecule has 3 aromatic rings. The summed E-state index contributed by atoms with van der Waals surface area (Å²) in [5, 5.41) is 0. The van der Waals surface area contributed by atoms with E-state index < -0.39 is 0 Å². The highest BCUT2D eigenvalue weighted by Crippen LogP contribution is 2.29. The van der Waals surface area contributed by atoms with Crippen LogP contribution in [0.15, 0.2) is 52.9 Å². The van der Waals surface area contributed by atoms with E-state index in [0.717, 1.165) is 41.2 Å². The van der Waals surface area contributed by atoms with Crippen molar-refractivity contribution < 1.29 is 8.81 Å². The Morgan fingerprint density at radius 1 is 1.13 bits per heavy atom. The molecule has 4 heteroatoms. The number of hydrogen-bond acceptors (Lipinski definition) is 3. The Balaban J connectivity index is 1.63. The Kier molecular flexibility index (Phi) is 3.37. The van der Waals surface area contributed by atoms with Gasteiger partial charge in [0.2, 0.25) is 5.89 Å². The van der Waals surface area contributed by atoms with Crippen LogP contribution in [-0.2, 0) is 13.0 Å². The normalized spacial score (nSPS) is 13.9. The number of aryl methyl sites for hydroxylation is 1. The van der Waals surface area contributed by atoms with Crippen LogP contribution < -0.4 is 4.90 Å². The number of nitrogens with zero attached hydrogens (tertiary/aromatic N) is 2. The molecule has 0 fully saturated rings. The van der Waals surface area contributed by atoms with E-state index >= 15 is 0 Å². The molecule has 116 valence electrons. The van der Waals surface area contributed by atoms with E-state index in [4.69, 9.17) is 4.42 Å². The second-order valence-electron chi connectivity index (χ2n) is 5.91. The van der Waals surface area contributed by atoms with Crippen molar-refractivity contribution in [3.8, 4) is 11.5 Å². The fourth-order valence-electron chi connectivity index (χ4n) is 3.02. The fraction of sp³-hybridized carbons (Fsp3) is 0.211. The Morgan fingerprint density at radius 2 is 1.96 bits per heavy atom. The molecule has 23 heavy (non-hydrogen) atoms. The third-order valence-electron chi connectivity index (χ3n) is 4.14. The number of halogens is 1. The quantitative estimate of drug-likeness (QED) is 0.705. The predicted molar refractivity (Wildman–Crippen MR) is 87.8 cm³/mol. The van der Waals surface area contributed by atoms with Crippen molar-refractivity contribution in [3.05, 3.63) is 71.4 Å². The van der Waals surface area contributed by atoms with Crippen LogP contribution in [0.5, 0.6) is 0 Å². The molecule has 0 amide bonds. The standard InChI is InChI=1S/C19H17FN2O/c1-13-9-15(20)11-16(10-13)22-8-7-17-18(12-22)23-19(21-17)14-5-3-2-4-6-14/h2-6,9-11H,7-8,12H2,1H3. The summed E-state index contributed by atoms with van der Waals surface area (Å²) in [7, 11) is 0. The summed E-state index contributed by atoms with van der Waals surface area (Å²) in [5.74, 6) is 1.33. The van der Waals surface area contributed by atoms with Crippen molar-refractivity contribution in [1.29, 1.82) is 0 Å². The molecule has 0 spiro atoms. The van der Waals surface area contributed by atoms with Gasteiger partial charge in [-0.2, -0.15) is 0 Å². The number of rotatable bonds is 2. The van der Waals surface area contributed by atoms with Crippen LogP contribution in [0.2, 0.25) is 0 Å². The van der Waals surface area contributed by atoms with Gasteiger partial charge in [-0.15, -0.1) is 0 Å². The molecule has 2 heterocycles. The van der Waals surface area contributed by atoms with Gasteiger partial charge in [-0.05, 0) is 42.8 Å². The Bertz CT molecular complexity index is 822. The summed E-state index contributed by atoms with van der Waals surface area (Å²) in [6.07, 6.45) is 0.807. The summed E-state index contributed by atoms with van der Waals surface area (Å²) in [5.41, 5.74) is 3.81. The highest BCUT2D eigenvalue weighted by molar-refractivity contribution is 5.55. The first-order chi connectivity index (χ1) is 11.2. The Hall–Kier alpha value is -2.62. The van der Waals surface area contributed by atoms with Gasteiger partial charge in [-0.25, -0.2) is 9.37 Å². The highest BCUT2D eigenvalue weighted by Gasteiger charge is 2.23. The maximum Gasteiger partial charge on any atom is 0.226 e. The van der Waals surface area contributed by atoms with E-state index in [-0.39, 0.29) is 5.82 Å². The zero-order valence-corrected chi connectivity index (χ0v) is 12.9. The van der Waals surface area contributed by atoms with Crippen LogP contribution in [0.1, 0.15) is 17.0 Å². The Labute approximate surface area is 134 Å². The van der Waals surface area contributed by atoms with Crippen molar-refractivity contribution in [2.24, 2.45) is 0 Å². The van der Waals surface area contributed by atoms with Crippen molar-refractivity contribution >= 4 is 5.69 Å². The summed E-state index contributed by atoms with van der Waals surface area (Å²) >= 11 is 0. The summed E-state index contributed by atoms with van der Waals surface area (Å²) in [4.78, 5) is 6.75. The van der Waals surface area contributed by atoms with Crippen molar-refractivity contribution in [2.75, 3.05) is 11.4 Å². The molecule has 0 bridgehead atoms. The second kappa shape index (κ2) is 5.54. The monoisotopic (exact) mass is 308 g/mol. The van der Waals surface area contributed by atoms with E-state index in [1.807, 2.05) is 43.3 Å². The summed E-state index contributed by atoms with van der Waals surface area (Å²) in [6, 6.07) is 15.0. The van der Waals surface area contributed by atoms with Gasteiger partial charge in [0, 0.05) is 24.2 Å². The maximum absolute atomic E-state index is 13.6. The zero-order valence-electron chi connectivity index (χ0n) is 12.9. The number of anilines is 1. The van der Waals surface area contributed by atoms with E-state index in [1.165, 1.54) is 0 Å². The van der Waals surface area contributed by atoms with Crippen LogP contribution in [0.3, 0.4) is 0 Å². The number of benzene rings is 2. The van der Waals surface area contributed by atoms with Crippen molar-refractivity contribution in [2.45, 2.75) is 19.9 Å². The third kappa shape index (κ3) is 2.72. The third-order valence-corrected chi connectivity index (χ3v) is 4.14. The van der Waals surface area contributed by atoms with Gasteiger partial charge < -0.3 is 9.32 Å². The molecular formula is C19H17FN2O. The average molecular weight is 308 g/mol. The minimum Gasteiger partial charge on any atom is -0.439 e. The topological polar surface area (TPSA) is 29.3 Å². The maximum atomic E-state index is 13.6.